The molecule has 6 heteroatoms. The van der Waals surface area contributed by atoms with Gasteiger partial charge in [0.05, 0.1) is 11.7 Å². The van der Waals surface area contributed by atoms with Crippen LogP contribution >= 0.6 is 25.3 Å². The van der Waals surface area contributed by atoms with Crippen molar-refractivity contribution < 1.29 is 0 Å². The first-order chi connectivity index (χ1) is 8.20. The maximum Gasteiger partial charge on any atom is 0.143 e. The molecule has 0 aliphatic heterocycles. The number of fused-ring (bicyclic) bond motifs is 3. The number of nitrogens with zero attached hydrogens (tertiary/aromatic N) is 4. The molecule has 3 rings (SSSR count). The second kappa shape index (κ2) is 3.76. The van der Waals surface area contributed by atoms with Crippen LogP contribution in [-0.4, -0.2) is 14.3 Å². The highest BCUT2D eigenvalue weighted by Crippen LogP contribution is 2.30. The van der Waals surface area contributed by atoms with E-state index in [1.807, 2.05) is 16.5 Å². The first kappa shape index (κ1) is 10.6. The van der Waals surface area contributed by atoms with Crippen molar-refractivity contribution in [3.63, 3.8) is 0 Å². The largest absolute Gasteiger partial charge is 0.308 e. The lowest BCUT2D eigenvalue weighted by Crippen LogP contribution is -1.83. The SMILES string of the molecule is N#Cc1cc2c3cc(Br)cnc3n(P)c2cn1. The molecule has 3 aromatic heterocycles. The Hall–Kier alpha value is -1.50. The fourth-order valence-corrected chi connectivity index (χ4v) is 2.60. The van der Waals surface area contributed by atoms with Crippen LogP contribution in [0.1, 0.15) is 5.69 Å². The van der Waals surface area contributed by atoms with Crippen molar-refractivity contribution in [2.75, 3.05) is 0 Å². The van der Waals surface area contributed by atoms with E-state index in [1.54, 1.807) is 18.5 Å². The topological polar surface area (TPSA) is 54.5 Å². The molecule has 0 amide bonds. The molecule has 0 bridgehead atoms. The molecule has 0 aliphatic carbocycles. The Morgan fingerprint density at radius 1 is 1.24 bits per heavy atom. The lowest BCUT2D eigenvalue weighted by Gasteiger charge is -1.95. The zero-order valence-electron chi connectivity index (χ0n) is 8.55. The van der Waals surface area contributed by atoms with Crippen LogP contribution in [0.2, 0.25) is 0 Å². The van der Waals surface area contributed by atoms with Crippen LogP contribution in [0.4, 0.5) is 0 Å². The van der Waals surface area contributed by atoms with Gasteiger partial charge >= 0.3 is 0 Å². The summed E-state index contributed by atoms with van der Waals surface area (Å²) in [6.45, 7) is 0. The van der Waals surface area contributed by atoms with Gasteiger partial charge in [-0.15, -0.1) is 0 Å². The van der Waals surface area contributed by atoms with Crippen LogP contribution in [0.5, 0.6) is 0 Å². The molecule has 0 spiro atoms. The predicted molar refractivity (Wildman–Crippen MR) is 72.6 cm³/mol. The quantitative estimate of drug-likeness (QED) is 0.600. The van der Waals surface area contributed by atoms with Gasteiger partial charge in [-0.1, -0.05) is 0 Å². The minimum absolute atomic E-state index is 0.412. The number of rotatable bonds is 0. The van der Waals surface area contributed by atoms with Crippen molar-refractivity contribution in [1.29, 1.82) is 5.26 Å². The van der Waals surface area contributed by atoms with E-state index in [1.165, 1.54) is 0 Å². The van der Waals surface area contributed by atoms with Gasteiger partial charge in [0.25, 0.3) is 0 Å². The highest BCUT2D eigenvalue weighted by atomic mass is 79.9. The van der Waals surface area contributed by atoms with Gasteiger partial charge in [0.15, 0.2) is 0 Å². The Balaban J connectivity index is 2.57. The van der Waals surface area contributed by atoms with E-state index < -0.39 is 0 Å². The highest BCUT2D eigenvalue weighted by molar-refractivity contribution is 9.10. The molecule has 0 saturated carbocycles. The molecular formula is C11H6BrN4P. The molecule has 0 aliphatic rings. The van der Waals surface area contributed by atoms with Gasteiger partial charge in [0, 0.05) is 21.4 Å². The van der Waals surface area contributed by atoms with E-state index in [0.717, 1.165) is 26.4 Å². The smallest absolute Gasteiger partial charge is 0.143 e. The van der Waals surface area contributed by atoms with E-state index in [-0.39, 0.29) is 0 Å². The van der Waals surface area contributed by atoms with Crippen molar-refractivity contribution in [3.8, 4) is 6.07 Å². The van der Waals surface area contributed by atoms with Gasteiger partial charge in [-0.25, -0.2) is 9.97 Å². The normalized spacial score (nSPS) is 10.9. The minimum atomic E-state index is 0.412. The molecule has 0 N–H and O–H groups in total. The average molecular weight is 305 g/mol. The van der Waals surface area contributed by atoms with Crippen LogP contribution < -0.4 is 0 Å². The van der Waals surface area contributed by atoms with E-state index in [0.29, 0.717) is 5.69 Å². The highest BCUT2D eigenvalue weighted by Gasteiger charge is 2.10. The Kier molecular flexibility index (Phi) is 2.36. The van der Waals surface area contributed by atoms with Crippen LogP contribution in [0, 0.1) is 11.3 Å². The minimum Gasteiger partial charge on any atom is -0.308 e. The molecule has 4 nitrogen and oxygen atoms in total. The third kappa shape index (κ3) is 1.53. The van der Waals surface area contributed by atoms with Crippen molar-refractivity contribution in [3.05, 3.63) is 34.7 Å². The van der Waals surface area contributed by atoms with E-state index in [4.69, 9.17) is 5.26 Å². The molecule has 0 aromatic carbocycles. The standard InChI is InChI=1S/C11H6BrN4P/c12-6-1-9-8-2-7(3-13)14-5-10(8)16(17)11(9)15-4-6/h1-2,4-5H,17H2. The summed E-state index contributed by atoms with van der Waals surface area (Å²) in [6, 6.07) is 5.82. The molecule has 0 fully saturated rings. The maximum atomic E-state index is 8.88. The van der Waals surface area contributed by atoms with Gasteiger partial charge in [0.1, 0.15) is 17.4 Å². The van der Waals surface area contributed by atoms with Crippen LogP contribution in [0.15, 0.2) is 29.0 Å². The summed E-state index contributed by atoms with van der Waals surface area (Å²) in [5, 5.41) is 10.9. The van der Waals surface area contributed by atoms with Crippen molar-refractivity contribution >= 4 is 47.3 Å². The van der Waals surface area contributed by atoms with Crippen molar-refractivity contribution in [1.82, 2.24) is 14.3 Å². The summed E-state index contributed by atoms with van der Waals surface area (Å²) in [6.07, 6.45) is 3.44. The van der Waals surface area contributed by atoms with Crippen LogP contribution in [0.3, 0.4) is 0 Å². The summed E-state index contributed by atoms with van der Waals surface area (Å²) in [7, 11) is 2.61. The molecular weight excluding hydrogens is 299 g/mol. The second-order valence-corrected chi connectivity index (χ2v) is 5.03. The fourth-order valence-electron chi connectivity index (χ4n) is 1.85. The van der Waals surface area contributed by atoms with Gasteiger partial charge < -0.3 is 4.34 Å². The zero-order chi connectivity index (χ0) is 12.0. The summed E-state index contributed by atoms with van der Waals surface area (Å²) in [4.78, 5) is 8.43. The lowest BCUT2D eigenvalue weighted by atomic mass is 10.2. The van der Waals surface area contributed by atoms with Gasteiger partial charge in [-0.3, -0.25) is 0 Å². The monoisotopic (exact) mass is 304 g/mol. The van der Waals surface area contributed by atoms with Gasteiger partial charge in [0.2, 0.25) is 0 Å². The average Bonchev–Trinajstić information content (AvgIpc) is 2.62. The number of halogens is 1. The van der Waals surface area contributed by atoms with Crippen molar-refractivity contribution in [2.24, 2.45) is 0 Å². The van der Waals surface area contributed by atoms with E-state index in [9.17, 15) is 0 Å². The molecule has 1 atom stereocenters. The number of hydrogen-bond donors (Lipinski definition) is 0. The maximum absolute atomic E-state index is 8.88. The Bertz CT molecular complexity index is 787. The van der Waals surface area contributed by atoms with E-state index >= 15 is 0 Å². The molecule has 3 aromatic rings. The molecule has 1 unspecified atom stereocenters. The third-order valence-corrected chi connectivity index (χ3v) is 3.57. The summed E-state index contributed by atoms with van der Waals surface area (Å²) >= 11 is 3.40. The number of nitriles is 1. The van der Waals surface area contributed by atoms with Crippen LogP contribution in [0.25, 0.3) is 21.9 Å². The first-order valence-electron chi connectivity index (χ1n) is 4.81. The van der Waals surface area contributed by atoms with Gasteiger partial charge in [-0.2, -0.15) is 5.26 Å². The number of pyridine rings is 2. The van der Waals surface area contributed by atoms with Crippen LogP contribution in [-0.2, 0) is 0 Å². The number of aromatic nitrogens is 3. The Morgan fingerprint density at radius 2 is 2.06 bits per heavy atom. The molecule has 82 valence electrons. The van der Waals surface area contributed by atoms with Gasteiger partial charge in [-0.05, 0) is 37.5 Å². The molecule has 0 saturated heterocycles. The van der Waals surface area contributed by atoms with E-state index in [2.05, 4.69) is 35.3 Å². The number of hydrogen-bond acceptors (Lipinski definition) is 3. The van der Waals surface area contributed by atoms with Crippen molar-refractivity contribution in [2.45, 2.75) is 0 Å². The summed E-state index contributed by atoms with van der Waals surface area (Å²) < 4.78 is 2.81. The molecule has 3 heterocycles. The predicted octanol–water partition coefficient (Wildman–Crippen LogP) is 2.86. The molecule has 17 heavy (non-hydrogen) atoms. The Morgan fingerprint density at radius 3 is 2.82 bits per heavy atom. The molecule has 0 radical (unpaired) electrons. The second-order valence-electron chi connectivity index (χ2n) is 3.59. The lowest BCUT2D eigenvalue weighted by molar-refractivity contribution is 1.25. The Labute approximate surface area is 108 Å². The summed E-state index contributed by atoms with van der Waals surface area (Å²) in [5.41, 5.74) is 2.20. The zero-order valence-corrected chi connectivity index (χ0v) is 11.3. The summed E-state index contributed by atoms with van der Waals surface area (Å²) in [5.74, 6) is 0. The first-order valence-corrected chi connectivity index (χ1v) is 6.12. The third-order valence-electron chi connectivity index (χ3n) is 2.61. The fraction of sp³-hybridized carbons (Fsp3) is 0.